The molecule has 2 unspecified atom stereocenters. The van der Waals surface area contributed by atoms with Gasteiger partial charge in [0.25, 0.3) is 0 Å². The summed E-state index contributed by atoms with van der Waals surface area (Å²) in [4.78, 5) is 7.01. The standard InChI is InChI=1S/C13H23N3S/c1-3-11-10-16(12(4-2)9-15-11)7-5-13-14-6-8-17-13/h6,8,11-12,15H,3-5,7,9-10H2,1-2H3. The predicted molar refractivity (Wildman–Crippen MR) is 73.6 cm³/mol. The molecule has 2 heterocycles. The molecule has 0 aromatic carbocycles. The minimum atomic E-state index is 0.675. The van der Waals surface area contributed by atoms with Crippen LogP contribution in [0.1, 0.15) is 31.7 Å². The topological polar surface area (TPSA) is 28.2 Å². The van der Waals surface area contributed by atoms with Gasteiger partial charge in [0.2, 0.25) is 0 Å². The summed E-state index contributed by atoms with van der Waals surface area (Å²) in [6, 6.07) is 1.38. The SMILES string of the molecule is CCC1CN(CCc2nccs2)C(CC)CN1. The number of thiazole rings is 1. The lowest BCUT2D eigenvalue weighted by Gasteiger charge is -2.39. The van der Waals surface area contributed by atoms with Crippen LogP contribution >= 0.6 is 11.3 Å². The zero-order valence-electron chi connectivity index (χ0n) is 10.9. The van der Waals surface area contributed by atoms with Gasteiger partial charge in [-0.2, -0.15) is 0 Å². The molecular weight excluding hydrogens is 230 g/mol. The van der Waals surface area contributed by atoms with Gasteiger partial charge < -0.3 is 5.32 Å². The number of hydrogen-bond acceptors (Lipinski definition) is 4. The Morgan fingerprint density at radius 1 is 1.47 bits per heavy atom. The van der Waals surface area contributed by atoms with Crippen molar-refractivity contribution in [3.63, 3.8) is 0 Å². The number of rotatable bonds is 5. The Labute approximate surface area is 108 Å². The van der Waals surface area contributed by atoms with Crippen molar-refractivity contribution >= 4 is 11.3 Å². The average Bonchev–Trinajstić information content (AvgIpc) is 2.89. The number of piperazine rings is 1. The lowest BCUT2D eigenvalue weighted by molar-refractivity contribution is 0.126. The van der Waals surface area contributed by atoms with Crippen LogP contribution in [-0.2, 0) is 6.42 Å². The van der Waals surface area contributed by atoms with Crippen LogP contribution in [0.5, 0.6) is 0 Å². The van der Waals surface area contributed by atoms with Crippen LogP contribution in [0.2, 0.25) is 0 Å². The second kappa shape index (κ2) is 6.47. The summed E-state index contributed by atoms with van der Waals surface area (Å²) in [5, 5.41) is 6.98. The summed E-state index contributed by atoms with van der Waals surface area (Å²) in [6.45, 7) is 8.05. The Morgan fingerprint density at radius 3 is 3.00 bits per heavy atom. The van der Waals surface area contributed by atoms with E-state index in [2.05, 4.69) is 34.4 Å². The van der Waals surface area contributed by atoms with E-state index >= 15 is 0 Å². The summed E-state index contributed by atoms with van der Waals surface area (Å²) >= 11 is 1.77. The fourth-order valence-electron chi connectivity index (χ4n) is 2.49. The molecule has 3 nitrogen and oxygen atoms in total. The first-order valence-corrected chi connectivity index (χ1v) is 7.57. The van der Waals surface area contributed by atoms with Crippen molar-refractivity contribution < 1.29 is 0 Å². The maximum atomic E-state index is 4.37. The van der Waals surface area contributed by atoms with Crippen LogP contribution in [0.25, 0.3) is 0 Å². The lowest BCUT2D eigenvalue weighted by atomic mass is 10.1. The van der Waals surface area contributed by atoms with Gasteiger partial charge in [-0.15, -0.1) is 11.3 Å². The first-order chi connectivity index (χ1) is 8.33. The molecule has 2 atom stereocenters. The molecule has 1 aromatic rings. The highest BCUT2D eigenvalue weighted by molar-refractivity contribution is 7.09. The zero-order valence-corrected chi connectivity index (χ0v) is 11.7. The van der Waals surface area contributed by atoms with Gasteiger partial charge in [-0.3, -0.25) is 4.90 Å². The molecule has 1 fully saturated rings. The average molecular weight is 253 g/mol. The molecule has 1 aliphatic rings. The van der Waals surface area contributed by atoms with Crippen LogP contribution in [0.4, 0.5) is 0 Å². The van der Waals surface area contributed by atoms with E-state index in [0.29, 0.717) is 12.1 Å². The second-order valence-electron chi connectivity index (χ2n) is 4.75. The molecule has 0 aliphatic carbocycles. The van der Waals surface area contributed by atoms with Crippen LogP contribution in [-0.4, -0.2) is 41.6 Å². The molecule has 1 saturated heterocycles. The molecule has 0 bridgehead atoms. The number of nitrogens with zero attached hydrogens (tertiary/aromatic N) is 2. The van der Waals surface area contributed by atoms with Crippen molar-refractivity contribution in [2.24, 2.45) is 0 Å². The fourth-order valence-corrected chi connectivity index (χ4v) is 3.10. The molecule has 0 radical (unpaired) electrons. The third-order valence-corrected chi connectivity index (χ3v) is 4.51. The van der Waals surface area contributed by atoms with E-state index in [1.807, 2.05) is 6.20 Å². The molecule has 2 rings (SSSR count). The lowest BCUT2D eigenvalue weighted by Crippen LogP contribution is -2.56. The Morgan fingerprint density at radius 2 is 2.35 bits per heavy atom. The summed E-state index contributed by atoms with van der Waals surface area (Å²) in [5.41, 5.74) is 0. The fraction of sp³-hybridized carbons (Fsp3) is 0.769. The minimum absolute atomic E-state index is 0.675. The number of aromatic nitrogens is 1. The van der Waals surface area contributed by atoms with Crippen molar-refractivity contribution in [3.05, 3.63) is 16.6 Å². The van der Waals surface area contributed by atoms with Crippen LogP contribution in [0.3, 0.4) is 0 Å². The zero-order chi connectivity index (χ0) is 12.1. The third-order valence-electron chi connectivity index (χ3n) is 3.67. The second-order valence-corrected chi connectivity index (χ2v) is 5.73. The maximum Gasteiger partial charge on any atom is 0.0937 e. The van der Waals surface area contributed by atoms with E-state index in [9.17, 15) is 0 Å². The van der Waals surface area contributed by atoms with Crippen molar-refractivity contribution in [1.82, 2.24) is 15.2 Å². The first kappa shape index (κ1) is 13.0. The molecule has 0 saturated carbocycles. The predicted octanol–water partition coefficient (Wildman–Crippen LogP) is 2.15. The van der Waals surface area contributed by atoms with Gasteiger partial charge in [0.05, 0.1) is 5.01 Å². The highest BCUT2D eigenvalue weighted by Crippen LogP contribution is 2.14. The van der Waals surface area contributed by atoms with Crippen LogP contribution in [0, 0.1) is 0 Å². The van der Waals surface area contributed by atoms with Crippen LogP contribution < -0.4 is 5.32 Å². The number of hydrogen-bond donors (Lipinski definition) is 1. The van der Waals surface area contributed by atoms with E-state index in [1.54, 1.807) is 11.3 Å². The number of nitrogens with one attached hydrogen (secondary N) is 1. The molecule has 4 heteroatoms. The molecule has 96 valence electrons. The van der Waals surface area contributed by atoms with E-state index in [1.165, 1.54) is 24.4 Å². The molecular formula is C13H23N3S. The Kier molecular flexibility index (Phi) is 4.95. The smallest absolute Gasteiger partial charge is 0.0937 e. The van der Waals surface area contributed by atoms with Gasteiger partial charge in [0.15, 0.2) is 0 Å². The van der Waals surface area contributed by atoms with Crippen molar-refractivity contribution in [2.45, 2.75) is 45.2 Å². The molecule has 1 aliphatic heterocycles. The normalized spacial score (nSPS) is 26.2. The van der Waals surface area contributed by atoms with Crippen LogP contribution in [0.15, 0.2) is 11.6 Å². The molecule has 0 spiro atoms. The Balaban J connectivity index is 1.86. The summed E-state index contributed by atoms with van der Waals surface area (Å²) < 4.78 is 0. The Bertz CT molecular complexity index is 312. The molecule has 17 heavy (non-hydrogen) atoms. The highest BCUT2D eigenvalue weighted by Gasteiger charge is 2.25. The largest absolute Gasteiger partial charge is 0.311 e. The van der Waals surface area contributed by atoms with Gasteiger partial charge in [0, 0.05) is 49.7 Å². The van der Waals surface area contributed by atoms with E-state index in [-0.39, 0.29) is 0 Å². The minimum Gasteiger partial charge on any atom is -0.311 e. The van der Waals surface area contributed by atoms with Gasteiger partial charge in [-0.25, -0.2) is 4.98 Å². The van der Waals surface area contributed by atoms with Crippen molar-refractivity contribution in [1.29, 1.82) is 0 Å². The van der Waals surface area contributed by atoms with Crippen molar-refractivity contribution in [2.75, 3.05) is 19.6 Å². The summed E-state index contributed by atoms with van der Waals surface area (Å²) in [5.74, 6) is 0. The van der Waals surface area contributed by atoms with Crippen molar-refractivity contribution in [3.8, 4) is 0 Å². The van der Waals surface area contributed by atoms with E-state index in [4.69, 9.17) is 0 Å². The third kappa shape index (κ3) is 3.50. The monoisotopic (exact) mass is 253 g/mol. The van der Waals surface area contributed by atoms with Gasteiger partial charge >= 0.3 is 0 Å². The molecule has 1 N–H and O–H groups in total. The molecule has 0 amide bonds. The molecule has 1 aromatic heterocycles. The van der Waals surface area contributed by atoms with E-state index in [0.717, 1.165) is 19.5 Å². The first-order valence-electron chi connectivity index (χ1n) is 6.69. The van der Waals surface area contributed by atoms with Gasteiger partial charge in [-0.1, -0.05) is 13.8 Å². The summed E-state index contributed by atoms with van der Waals surface area (Å²) in [7, 11) is 0. The maximum absolute atomic E-state index is 4.37. The summed E-state index contributed by atoms with van der Waals surface area (Å²) in [6.07, 6.45) is 5.47. The van der Waals surface area contributed by atoms with Gasteiger partial charge in [0.1, 0.15) is 0 Å². The Hall–Kier alpha value is -0.450. The quantitative estimate of drug-likeness (QED) is 0.871. The van der Waals surface area contributed by atoms with E-state index < -0.39 is 0 Å². The van der Waals surface area contributed by atoms with Gasteiger partial charge in [-0.05, 0) is 12.8 Å². The highest BCUT2D eigenvalue weighted by atomic mass is 32.1.